The van der Waals surface area contributed by atoms with Crippen molar-refractivity contribution >= 4 is 5.82 Å². The lowest BCUT2D eigenvalue weighted by molar-refractivity contribution is 0.503. The summed E-state index contributed by atoms with van der Waals surface area (Å²) in [6.45, 7) is 2.31. The second-order valence-electron chi connectivity index (χ2n) is 4.73. The van der Waals surface area contributed by atoms with Gasteiger partial charge in [0, 0.05) is 19.3 Å². The minimum absolute atomic E-state index is 0.738. The lowest BCUT2D eigenvalue weighted by Crippen LogP contribution is -2.33. The van der Waals surface area contributed by atoms with Crippen LogP contribution in [0.2, 0.25) is 0 Å². The first-order valence-corrected chi connectivity index (χ1v) is 6.37. The molecule has 0 aliphatic carbocycles. The van der Waals surface area contributed by atoms with Gasteiger partial charge < -0.3 is 9.88 Å². The third-order valence-corrected chi connectivity index (χ3v) is 3.69. The van der Waals surface area contributed by atoms with Gasteiger partial charge in [0.2, 0.25) is 0 Å². The molecule has 0 saturated carbocycles. The third kappa shape index (κ3) is 2.21. The number of rotatable bonds is 2. The highest BCUT2D eigenvalue weighted by Crippen LogP contribution is 2.29. The Balaban J connectivity index is 1.65. The number of nitrogens with one attached hydrogen (secondary N) is 1. The van der Waals surface area contributed by atoms with Gasteiger partial charge in [0.15, 0.2) is 0 Å². The minimum atomic E-state index is 0.738. The molecule has 1 N–H and O–H groups in total. The van der Waals surface area contributed by atoms with Crippen molar-refractivity contribution in [3.05, 3.63) is 54.2 Å². The number of aromatic amines is 1. The van der Waals surface area contributed by atoms with E-state index in [4.69, 9.17) is 0 Å². The molecule has 0 atom stereocenters. The SMILES string of the molecule is c1ccc(C2CCN(c3ccc[nH]3)CC2)cc1. The number of H-pyrrole nitrogens is 1. The topological polar surface area (TPSA) is 19.0 Å². The highest BCUT2D eigenvalue weighted by molar-refractivity contribution is 5.39. The molecule has 0 unspecified atom stereocenters. The Hall–Kier alpha value is -1.70. The molecule has 0 spiro atoms. The van der Waals surface area contributed by atoms with E-state index < -0.39 is 0 Å². The van der Waals surface area contributed by atoms with Gasteiger partial charge in [-0.15, -0.1) is 0 Å². The van der Waals surface area contributed by atoms with Crippen molar-refractivity contribution in [1.29, 1.82) is 0 Å². The van der Waals surface area contributed by atoms with Crippen LogP contribution in [0.5, 0.6) is 0 Å². The molecule has 0 bridgehead atoms. The number of hydrogen-bond donors (Lipinski definition) is 1. The number of aromatic nitrogens is 1. The zero-order valence-corrected chi connectivity index (χ0v) is 9.97. The van der Waals surface area contributed by atoms with E-state index >= 15 is 0 Å². The molecule has 2 aromatic rings. The summed E-state index contributed by atoms with van der Waals surface area (Å²) in [4.78, 5) is 5.73. The summed E-state index contributed by atoms with van der Waals surface area (Å²) in [7, 11) is 0. The van der Waals surface area contributed by atoms with E-state index in [0.29, 0.717) is 0 Å². The molecule has 1 aromatic heterocycles. The van der Waals surface area contributed by atoms with Crippen molar-refractivity contribution in [2.45, 2.75) is 18.8 Å². The van der Waals surface area contributed by atoms with E-state index in [1.165, 1.54) is 24.2 Å². The molecule has 88 valence electrons. The van der Waals surface area contributed by atoms with E-state index in [9.17, 15) is 0 Å². The molecule has 1 aliphatic rings. The minimum Gasteiger partial charge on any atom is -0.358 e. The van der Waals surface area contributed by atoms with Crippen LogP contribution < -0.4 is 4.90 Å². The molecule has 1 aromatic carbocycles. The van der Waals surface area contributed by atoms with Gasteiger partial charge >= 0.3 is 0 Å². The number of anilines is 1. The lowest BCUT2D eigenvalue weighted by Gasteiger charge is -2.32. The van der Waals surface area contributed by atoms with Crippen molar-refractivity contribution in [3.8, 4) is 0 Å². The van der Waals surface area contributed by atoms with Gasteiger partial charge in [0.05, 0.1) is 0 Å². The first-order chi connectivity index (χ1) is 8.43. The van der Waals surface area contributed by atoms with Gasteiger partial charge in [-0.3, -0.25) is 0 Å². The molecule has 3 rings (SSSR count). The molecule has 1 aliphatic heterocycles. The molecule has 17 heavy (non-hydrogen) atoms. The van der Waals surface area contributed by atoms with E-state index in [2.05, 4.69) is 52.3 Å². The van der Waals surface area contributed by atoms with Crippen molar-refractivity contribution in [2.24, 2.45) is 0 Å². The summed E-state index contributed by atoms with van der Waals surface area (Å²) in [5.74, 6) is 2.00. The van der Waals surface area contributed by atoms with Crippen LogP contribution in [-0.4, -0.2) is 18.1 Å². The van der Waals surface area contributed by atoms with E-state index in [0.717, 1.165) is 19.0 Å². The largest absolute Gasteiger partial charge is 0.358 e. The highest BCUT2D eigenvalue weighted by atomic mass is 15.2. The average molecular weight is 226 g/mol. The van der Waals surface area contributed by atoms with Gasteiger partial charge in [0.25, 0.3) is 0 Å². The summed E-state index contributed by atoms with van der Waals surface area (Å²) in [5.41, 5.74) is 1.50. The standard InChI is InChI=1S/C15H18N2/c1-2-5-13(6-3-1)14-8-11-17(12-9-14)15-7-4-10-16-15/h1-7,10,14,16H,8-9,11-12H2. The fourth-order valence-corrected chi connectivity index (χ4v) is 2.70. The maximum absolute atomic E-state index is 3.29. The summed E-state index contributed by atoms with van der Waals surface area (Å²) < 4.78 is 0. The van der Waals surface area contributed by atoms with Crippen molar-refractivity contribution < 1.29 is 0 Å². The molecular formula is C15H18N2. The number of piperidine rings is 1. The Kier molecular flexibility index (Phi) is 2.87. The average Bonchev–Trinajstić information content (AvgIpc) is 2.94. The smallest absolute Gasteiger partial charge is 0.105 e. The molecule has 1 fully saturated rings. The third-order valence-electron chi connectivity index (χ3n) is 3.69. The zero-order chi connectivity index (χ0) is 11.5. The molecule has 1 saturated heterocycles. The maximum atomic E-state index is 3.29. The predicted octanol–water partition coefficient (Wildman–Crippen LogP) is 3.40. The molecule has 2 heteroatoms. The summed E-state index contributed by atoms with van der Waals surface area (Å²) >= 11 is 0. The fraction of sp³-hybridized carbons (Fsp3) is 0.333. The molecule has 0 radical (unpaired) electrons. The quantitative estimate of drug-likeness (QED) is 0.831. The van der Waals surface area contributed by atoms with Gasteiger partial charge in [-0.2, -0.15) is 0 Å². The Bertz CT molecular complexity index is 439. The van der Waals surface area contributed by atoms with Crippen molar-refractivity contribution in [3.63, 3.8) is 0 Å². The monoisotopic (exact) mass is 226 g/mol. The first-order valence-electron chi connectivity index (χ1n) is 6.37. The summed E-state index contributed by atoms with van der Waals surface area (Å²) in [6.07, 6.45) is 4.50. The van der Waals surface area contributed by atoms with Crippen LogP contribution in [0.25, 0.3) is 0 Å². The second kappa shape index (κ2) is 4.66. The van der Waals surface area contributed by atoms with Crippen molar-refractivity contribution in [2.75, 3.05) is 18.0 Å². The normalized spacial score (nSPS) is 17.3. The van der Waals surface area contributed by atoms with Crippen LogP contribution in [-0.2, 0) is 0 Å². The van der Waals surface area contributed by atoms with Crippen LogP contribution in [0, 0.1) is 0 Å². The number of hydrogen-bond acceptors (Lipinski definition) is 1. The van der Waals surface area contributed by atoms with Crippen LogP contribution in [0.1, 0.15) is 24.3 Å². The first kappa shape index (κ1) is 10.5. The van der Waals surface area contributed by atoms with Crippen molar-refractivity contribution in [1.82, 2.24) is 4.98 Å². The van der Waals surface area contributed by atoms with E-state index in [1.807, 2.05) is 6.20 Å². The Morgan fingerprint density at radius 2 is 1.71 bits per heavy atom. The van der Waals surface area contributed by atoms with E-state index in [-0.39, 0.29) is 0 Å². The Labute approximate surface area is 102 Å². The molecular weight excluding hydrogens is 208 g/mol. The summed E-state index contributed by atoms with van der Waals surface area (Å²) in [6, 6.07) is 15.1. The molecule has 2 heterocycles. The molecule has 2 nitrogen and oxygen atoms in total. The summed E-state index contributed by atoms with van der Waals surface area (Å²) in [5, 5.41) is 0. The zero-order valence-electron chi connectivity index (χ0n) is 9.97. The van der Waals surface area contributed by atoms with Gasteiger partial charge in [0.1, 0.15) is 5.82 Å². The maximum Gasteiger partial charge on any atom is 0.105 e. The van der Waals surface area contributed by atoms with Crippen LogP contribution in [0.3, 0.4) is 0 Å². The van der Waals surface area contributed by atoms with Crippen LogP contribution in [0.15, 0.2) is 48.7 Å². The Morgan fingerprint density at radius 3 is 2.35 bits per heavy atom. The van der Waals surface area contributed by atoms with Gasteiger partial charge in [-0.25, -0.2) is 0 Å². The second-order valence-corrected chi connectivity index (χ2v) is 4.73. The van der Waals surface area contributed by atoms with E-state index in [1.54, 1.807) is 0 Å². The number of benzene rings is 1. The number of nitrogens with zero attached hydrogens (tertiary/aromatic N) is 1. The van der Waals surface area contributed by atoms with Gasteiger partial charge in [-0.05, 0) is 36.5 Å². The van der Waals surface area contributed by atoms with Crippen LogP contribution >= 0.6 is 0 Å². The predicted molar refractivity (Wildman–Crippen MR) is 71.4 cm³/mol. The highest BCUT2D eigenvalue weighted by Gasteiger charge is 2.20. The van der Waals surface area contributed by atoms with Gasteiger partial charge in [-0.1, -0.05) is 30.3 Å². The Morgan fingerprint density at radius 1 is 0.941 bits per heavy atom. The van der Waals surface area contributed by atoms with Crippen LogP contribution in [0.4, 0.5) is 5.82 Å². The lowest BCUT2D eigenvalue weighted by atomic mass is 9.89. The molecule has 0 amide bonds. The fourth-order valence-electron chi connectivity index (χ4n) is 2.70.